The van der Waals surface area contributed by atoms with Crippen molar-refractivity contribution in [2.45, 2.75) is 40.7 Å². The van der Waals surface area contributed by atoms with E-state index in [1.165, 1.54) is 22.7 Å². The van der Waals surface area contributed by atoms with Gasteiger partial charge >= 0.3 is 6.18 Å². The van der Waals surface area contributed by atoms with Crippen LogP contribution >= 0.6 is 11.6 Å². The summed E-state index contributed by atoms with van der Waals surface area (Å²) < 4.78 is 70.3. The summed E-state index contributed by atoms with van der Waals surface area (Å²) in [5, 5.41) is 9.50. The highest BCUT2D eigenvalue weighted by Crippen LogP contribution is 2.71. The summed E-state index contributed by atoms with van der Waals surface area (Å²) in [7, 11) is -4.01. The number of aliphatic hydroxyl groups is 1. The highest BCUT2D eigenvalue weighted by Gasteiger charge is 2.74. The minimum atomic E-state index is -4.75. The van der Waals surface area contributed by atoms with E-state index >= 15 is 0 Å². The van der Waals surface area contributed by atoms with Crippen LogP contribution in [0.25, 0.3) is 5.65 Å². The van der Waals surface area contributed by atoms with E-state index in [1.807, 2.05) is 0 Å². The third kappa shape index (κ3) is 3.15. The molecule has 3 saturated carbocycles. The van der Waals surface area contributed by atoms with E-state index in [0.29, 0.717) is 0 Å². The van der Waals surface area contributed by atoms with E-state index in [4.69, 9.17) is 17.3 Å². The number of anilines is 1. The number of sulfonamides is 1. The second-order valence-electron chi connectivity index (χ2n) is 8.65. The highest BCUT2D eigenvalue weighted by atomic mass is 35.5. The van der Waals surface area contributed by atoms with Gasteiger partial charge in [-0.3, -0.25) is 4.40 Å². The Bertz CT molecular complexity index is 1350. The zero-order valence-corrected chi connectivity index (χ0v) is 18.5. The number of imidazole rings is 1. The van der Waals surface area contributed by atoms with Gasteiger partial charge in [0.15, 0.2) is 17.2 Å². The molecule has 176 valence electrons. The number of nitrogen functional groups attached to an aromatic ring is 1. The van der Waals surface area contributed by atoms with Crippen LogP contribution in [0.1, 0.15) is 30.1 Å². The van der Waals surface area contributed by atoms with E-state index in [1.54, 1.807) is 18.2 Å². The molecule has 13 heteroatoms. The predicted octanol–water partition coefficient (Wildman–Crippen LogP) is 2.52. The summed E-state index contributed by atoms with van der Waals surface area (Å²) in [6.45, 7) is -0.324. The van der Waals surface area contributed by atoms with Crippen molar-refractivity contribution in [3.05, 3.63) is 54.1 Å². The van der Waals surface area contributed by atoms with Gasteiger partial charge in [-0.1, -0.05) is 18.2 Å². The average Bonchev–Trinajstić information content (AvgIpc) is 3.34. The minimum absolute atomic E-state index is 0.00424. The molecule has 1 aromatic carbocycles. The summed E-state index contributed by atoms with van der Waals surface area (Å²) in [5.41, 5.74) is 2.74. The third-order valence-corrected chi connectivity index (χ3v) is 8.83. The van der Waals surface area contributed by atoms with Crippen molar-refractivity contribution < 1.29 is 26.7 Å². The molecular weight excluding hydrogens is 483 g/mol. The van der Waals surface area contributed by atoms with Crippen molar-refractivity contribution in [1.82, 2.24) is 19.1 Å². The zero-order chi connectivity index (χ0) is 23.8. The standard InChI is InChI=1S/C20H19ClF3N5O3S/c21-13-6-18(10-30)9-19(13,28-33(31,32)11-4-2-1-3-5-11)15(18)12-7-26-17-16(25)27-14(8-29(12)17)20(22,23)24/h1-5,7-8,13,15,28,30H,6,9-10H2,(H2,25,27). The molecule has 4 unspecified atom stereocenters. The van der Waals surface area contributed by atoms with E-state index in [-0.39, 0.29) is 35.7 Å². The summed E-state index contributed by atoms with van der Waals surface area (Å²) in [5.74, 6) is -1.16. The second-order valence-corrected chi connectivity index (χ2v) is 10.9. The lowest BCUT2D eigenvalue weighted by Gasteiger charge is -2.54. The van der Waals surface area contributed by atoms with Crippen LogP contribution in [0, 0.1) is 5.41 Å². The fourth-order valence-corrected chi connectivity index (χ4v) is 7.56. The van der Waals surface area contributed by atoms with Gasteiger partial charge in [0.1, 0.15) is 0 Å². The van der Waals surface area contributed by atoms with Gasteiger partial charge in [0.05, 0.1) is 15.8 Å². The molecule has 3 fully saturated rings. The van der Waals surface area contributed by atoms with Gasteiger partial charge in [-0.2, -0.15) is 13.2 Å². The van der Waals surface area contributed by atoms with Gasteiger partial charge in [0.25, 0.3) is 0 Å². The molecule has 2 bridgehead atoms. The SMILES string of the molecule is Nc1nc(C(F)(F)F)cn2c(C3C4(CO)CC(Cl)C3(NS(=O)(=O)c3ccccc3)C4)cnc12. The number of hydrogen-bond donors (Lipinski definition) is 3. The first-order chi connectivity index (χ1) is 15.4. The average molecular weight is 502 g/mol. The Labute approximate surface area is 191 Å². The van der Waals surface area contributed by atoms with Crippen molar-refractivity contribution >= 4 is 33.1 Å². The van der Waals surface area contributed by atoms with Crippen LogP contribution < -0.4 is 10.5 Å². The van der Waals surface area contributed by atoms with Crippen LogP contribution in [0.3, 0.4) is 0 Å². The van der Waals surface area contributed by atoms with Gasteiger partial charge in [0, 0.05) is 36.0 Å². The molecular formula is C20H19ClF3N5O3S. The molecule has 0 radical (unpaired) electrons. The summed E-state index contributed by atoms with van der Waals surface area (Å²) in [6.07, 6.45) is -2.14. The summed E-state index contributed by atoms with van der Waals surface area (Å²) in [4.78, 5) is 7.55. The maximum absolute atomic E-state index is 13.4. The van der Waals surface area contributed by atoms with E-state index in [2.05, 4.69) is 14.7 Å². The van der Waals surface area contributed by atoms with Crippen molar-refractivity contribution in [1.29, 1.82) is 0 Å². The molecule has 0 amide bonds. The smallest absolute Gasteiger partial charge is 0.396 e. The van der Waals surface area contributed by atoms with Gasteiger partial charge in [-0.25, -0.2) is 23.1 Å². The molecule has 33 heavy (non-hydrogen) atoms. The first-order valence-corrected chi connectivity index (χ1v) is 11.9. The van der Waals surface area contributed by atoms with E-state index in [9.17, 15) is 26.7 Å². The second kappa shape index (κ2) is 7.05. The molecule has 0 saturated heterocycles. The van der Waals surface area contributed by atoms with Crippen molar-refractivity contribution in [3.63, 3.8) is 0 Å². The van der Waals surface area contributed by atoms with Crippen LogP contribution in [0.2, 0.25) is 0 Å². The first kappa shape index (κ1) is 22.4. The van der Waals surface area contributed by atoms with Crippen LogP contribution in [0.15, 0.2) is 47.6 Å². The number of nitrogens with one attached hydrogen (secondary N) is 1. The highest BCUT2D eigenvalue weighted by molar-refractivity contribution is 7.89. The topological polar surface area (TPSA) is 123 Å². The molecule has 0 aliphatic heterocycles. The Morgan fingerprint density at radius 3 is 2.64 bits per heavy atom. The minimum Gasteiger partial charge on any atom is -0.396 e. The first-order valence-electron chi connectivity index (χ1n) is 9.98. The van der Waals surface area contributed by atoms with Gasteiger partial charge < -0.3 is 10.8 Å². The lowest BCUT2D eigenvalue weighted by molar-refractivity contribution is -0.141. The zero-order valence-electron chi connectivity index (χ0n) is 16.9. The van der Waals surface area contributed by atoms with Crippen molar-refractivity contribution in [2.24, 2.45) is 5.41 Å². The number of alkyl halides is 4. The molecule has 3 aromatic rings. The van der Waals surface area contributed by atoms with Crippen LogP contribution in [0.5, 0.6) is 0 Å². The molecule has 6 rings (SSSR count). The number of hydrogen-bond acceptors (Lipinski definition) is 6. The maximum Gasteiger partial charge on any atom is 0.434 e. The maximum atomic E-state index is 13.4. The third-order valence-electron chi connectivity index (χ3n) is 6.74. The molecule has 8 nitrogen and oxygen atoms in total. The Hall–Kier alpha value is -2.41. The van der Waals surface area contributed by atoms with E-state index in [0.717, 1.165) is 6.20 Å². The lowest BCUT2D eigenvalue weighted by atomic mass is 9.55. The number of nitrogens with two attached hydrogens (primary N) is 1. The van der Waals surface area contributed by atoms with Crippen molar-refractivity contribution in [3.8, 4) is 0 Å². The number of halogens is 4. The molecule has 2 aromatic heterocycles. The normalized spacial score (nSPS) is 29.4. The summed E-state index contributed by atoms with van der Waals surface area (Å²) >= 11 is 6.64. The van der Waals surface area contributed by atoms with Gasteiger partial charge in [-0.15, -0.1) is 11.6 Å². The number of aliphatic hydroxyl groups excluding tert-OH is 1. The van der Waals surface area contributed by atoms with Crippen LogP contribution in [-0.4, -0.2) is 45.4 Å². The van der Waals surface area contributed by atoms with Crippen LogP contribution in [-0.2, 0) is 16.2 Å². The van der Waals surface area contributed by atoms with Crippen LogP contribution in [0.4, 0.5) is 19.0 Å². The Balaban J connectivity index is 1.65. The van der Waals surface area contributed by atoms with E-state index < -0.39 is 50.0 Å². The molecule has 0 spiro atoms. The fourth-order valence-electron chi connectivity index (χ4n) is 5.46. The van der Waals surface area contributed by atoms with Crippen molar-refractivity contribution in [2.75, 3.05) is 12.3 Å². The lowest BCUT2D eigenvalue weighted by Crippen LogP contribution is -2.65. The summed E-state index contributed by atoms with van der Waals surface area (Å²) in [6, 6.07) is 7.69. The molecule has 4 atom stereocenters. The Morgan fingerprint density at radius 2 is 2.00 bits per heavy atom. The Kier molecular flexibility index (Phi) is 4.78. The number of rotatable bonds is 5. The number of aromatic nitrogens is 3. The number of fused-ring (bicyclic) bond motifs is 2. The van der Waals surface area contributed by atoms with Gasteiger partial charge in [0.2, 0.25) is 10.0 Å². The molecule has 4 N–H and O–H groups in total. The number of benzene rings is 1. The van der Waals surface area contributed by atoms with Gasteiger partial charge in [-0.05, 0) is 25.0 Å². The largest absolute Gasteiger partial charge is 0.434 e. The molecule has 2 heterocycles. The molecule has 3 aliphatic carbocycles. The Morgan fingerprint density at radius 1 is 1.30 bits per heavy atom. The quantitative estimate of drug-likeness (QED) is 0.462. The fraction of sp³-hybridized carbons (Fsp3) is 0.400. The predicted molar refractivity (Wildman–Crippen MR) is 113 cm³/mol. The molecule has 3 aliphatic rings. The number of nitrogens with zero attached hydrogens (tertiary/aromatic N) is 3. The monoisotopic (exact) mass is 501 g/mol.